The van der Waals surface area contributed by atoms with E-state index in [1.54, 1.807) is 36.4 Å². The van der Waals surface area contributed by atoms with Crippen molar-refractivity contribution in [1.29, 1.82) is 0 Å². The van der Waals surface area contributed by atoms with Crippen LogP contribution in [0.15, 0.2) is 85.7 Å². The third kappa shape index (κ3) is 6.45. The largest absolute Gasteiger partial charge is 0.496 e. The van der Waals surface area contributed by atoms with E-state index in [-0.39, 0.29) is 16.0 Å². The summed E-state index contributed by atoms with van der Waals surface area (Å²) in [6.07, 6.45) is 1.51. The maximum absolute atomic E-state index is 12.0. The maximum Gasteiger partial charge on any atom is 0.342 e. The van der Waals surface area contributed by atoms with Gasteiger partial charge in [0.05, 0.1) is 12.7 Å². The molecule has 1 N–H and O–H groups in total. The molecule has 0 fully saturated rings. The Morgan fingerprint density at radius 2 is 1.89 bits per heavy atom. The summed E-state index contributed by atoms with van der Waals surface area (Å²) in [4.78, 5) is 12.0. The van der Waals surface area contributed by atoms with Gasteiger partial charge < -0.3 is 19.0 Å². The molecule has 3 aromatic carbocycles. The fourth-order valence-electron chi connectivity index (χ4n) is 3.05. The Morgan fingerprint density at radius 1 is 1.11 bits per heavy atom. The number of rotatable bonds is 9. The lowest BCUT2D eigenvalue weighted by atomic mass is 10.2. The predicted octanol–water partition coefficient (Wildman–Crippen LogP) is 6.96. The summed E-state index contributed by atoms with van der Waals surface area (Å²) < 4.78 is 17.9. The van der Waals surface area contributed by atoms with E-state index in [4.69, 9.17) is 25.5 Å². The van der Waals surface area contributed by atoms with E-state index in [0.717, 1.165) is 21.8 Å². The number of carboxylic acids is 1. The zero-order valence-corrected chi connectivity index (χ0v) is 21.4. The lowest BCUT2D eigenvalue weighted by Gasteiger charge is -2.10. The highest BCUT2D eigenvalue weighted by molar-refractivity contribution is 9.10. The Hall–Kier alpha value is -3.27. The number of carbonyl (C=O) groups is 1. The highest BCUT2D eigenvalue weighted by atomic mass is 79.9. The van der Waals surface area contributed by atoms with Crippen LogP contribution in [0.1, 0.15) is 11.1 Å². The summed E-state index contributed by atoms with van der Waals surface area (Å²) in [5.41, 5.74) is 2.09. The Balaban J connectivity index is 1.56. The number of aromatic nitrogens is 2. The van der Waals surface area contributed by atoms with Crippen molar-refractivity contribution < 1.29 is 23.8 Å². The van der Waals surface area contributed by atoms with Crippen LogP contribution in [0.5, 0.6) is 11.5 Å². The molecule has 0 aliphatic heterocycles. The molecule has 1 heterocycles. The summed E-state index contributed by atoms with van der Waals surface area (Å²) in [7, 11) is 1.51. The zero-order chi connectivity index (χ0) is 24.8. The third-order valence-electron chi connectivity index (χ3n) is 4.72. The molecule has 0 atom stereocenters. The number of halogens is 2. The first kappa shape index (κ1) is 24.8. The van der Waals surface area contributed by atoms with Gasteiger partial charge in [0, 0.05) is 15.1 Å². The molecule has 0 aliphatic carbocycles. The molecule has 0 saturated heterocycles. The van der Waals surface area contributed by atoms with Gasteiger partial charge in [0.1, 0.15) is 23.0 Å². The number of aliphatic carboxylic acids is 1. The second-order valence-corrected chi connectivity index (χ2v) is 9.43. The van der Waals surface area contributed by atoms with Crippen molar-refractivity contribution in [2.24, 2.45) is 0 Å². The van der Waals surface area contributed by atoms with Gasteiger partial charge >= 0.3 is 5.97 Å². The average Bonchev–Trinajstić information content (AvgIpc) is 3.32. The summed E-state index contributed by atoms with van der Waals surface area (Å²) in [6.45, 7) is 0.335. The van der Waals surface area contributed by atoms with Gasteiger partial charge in [-0.1, -0.05) is 57.9 Å². The molecule has 0 amide bonds. The number of nitrogens with zero attached hydrogens (tertiary/aromatic N) is 2. The highest BCUT2D eigenvalue weighted by Gasteiger charge is 2.19. The van der Waals surface area contributed by atoms with Crippen molar-refractivity contribution >= 4 is 51.3 Å². The second kappa shape index (κ2) is 11.4. The first-order valence-electron chi connectivity index (χ1n) is 10.2. The molecule has 0 bridgehead atoms. The van der Waals surface area contributed by atoms with Gasteiger partial charge in [-0.15, -0.1) is 10.2 Å². The van der Waals surface area contributed by atoms with Crippen molar-refractivity contribution in [3.8, 4) is 23.0 Å². The number of hydrogen-bond donors (Lipinski definition) is 1. The molecule has 178 valence electrons. The van der Waals surface area contributed by atoms with Crippen LogP contribution in [-0.4, -0.2) is 28.4 Å². The average molecular weight is 574 g/mol. The second-order valence-electron chi connectivity index (χ2n) is 7.09. The summed E-state index contributed by atoms with van der Waals surface area (Å²) in [5, 5.41) is 18.3. The van der Waals surface area contributed by atoms with E-state index < -0.39 is 5.97 Å². The van der Waals surface area contributed by atoms with E-state index in [2.05, 4.69) is 26.1 Å². The Morgan fingerprint density at radius 3 is 2.63 bits per heavy atom. The van der Waals surface area contributed by atoms with Crippen molar-refractivity contribution in [1.82, 2.24) is 10.2 Å². The summed E-state index contributed by atoms with van der Waals surface area (Å²) in [6, 6.07) is 19.9. The normalized spacial score (nSPS) is 11.3. The van der Waals surface area contributed by atoms with E-state index >= 15 is 0 Å². The van der Waals surface area contributed by atoms with Crippen LogP contribution >= 0.6 is 39.3 Å². The van der Waals surface area contributed by atoms with Crippen LogP contribution < -0.4 is 9.47 Å². The van der Waals surface area contributed by atoms with Crippen molar-refractivity contribution in [3.05, 3.63) is 92.3 Å². The van der Waals surface area contributed by atoms with Crippen LogP contribution in [0, 0.1) is 0 Å². The van der Waals surface area contributed by atoms with E-state index in [1.165, 1.54) is 13.2 Å². The molecule has 10 heteroatoms. The monoisotopic (exact) mass is 572 g/mol. The molecule has 0 unspecified atom stereocenters. The Labute approximate surface area is 218 Å². The predicted molar refractivity (Wildman–Crippen MR) is 138 cm³/mol. The van der Waals surface area contributed by atoms with Crippen molar-refractivity contribution in [3.63, 3.8) is 0 Å². The molecule has 0 spiro atoms. The smallest absolute Gasteiger partial charge is 0.342 e. The number of methoxy groups -OCH3 is 1. The number of hydrogen-bond acceptors (Lipinski definition) is 7. The number of para-hydroxylation sites is 1. The molecule has 35 heavy (non-hydrogen) atoms. The molecular weight excluding hydrogens is 556 g/mol. The van der Waals surface area contributed by atoms with Gasteiger partial charge in [0.25, 0.3) is 11.1 Å². The first-order chi connectivity index (χ1) is 16.9. The molecule has 4 rings (SSSR count). The Kier molecular flexibility index (Phi) is 8.12. The highest BCUT2D eigenvalue weighted by Crippen LogP contribution is 2.35. The number of thioether (sulfide) groups is 1. The summed E-state index contributed by atoms with van der Waals surface area (Å²) in [5.74, 6) is 0.0673. The number of ether oxygens (including phenoxy) is 2. The minimum absolute atomic E-state index is 0.0158. The number of carboxylic acid groups (broad SMARTS) is 1. The van der Waals surface area contributed by atoms with E-state index in [0.29, 0.717) is 34.3 Å². The van der Waals surface area contributed by atoms with E-state index in [1.807, 2.05) is 30.3 Å². The van der Waals surface area contributed by atoms with Gasteiger partial charge in [0.15, 0.2) is 0 Å². The van der Waals surface area contributed by atoms with Crippen molar-refractivity contribution in [2.45, 2.75) is 11.8 Å². The fourth-order valence-corrected chi connectivity index (χ4v) is 4.15. The van der Waals surface area contributed by atoms with Crippen LogP contribution in [0.25, 0.3) is 17.5 Å². The molecule has 0 radical (unpaired) electrons. The standard InChI is InChI=1S/C25H18BrClN2O5S/c1-32-21-11-10-18(27)13-19(21)23-28-29-25(34-23)35-22(24(30)31)12-16-4-2-3-5-20(16)33-14-15-6-8-17(26)9-7-15/h2-13H,14H2,1H3,(H,30,31)/b22-12-. The molecule has 4 aromatic rings. The lowest BCUT2D eigenvalue weighted by molar-refractivity contribution is -0.131. The molecule has 1 aromatic heterocycles. The zero-order valence-electron chi connectivity index (χ0n) is 18.3. The molecule has 0 saturated carbocycles. The molecule has 0 aliphatic rings. The van der Waals surface area contributed by atoms with Crippen LogP contribution in [0.3, 0.4) is 0 Å². The fraction of sp³-hybridized carbons (Fsp3) is 0.0800. The van der Waals surface area contributed by atoms with Crippen LogP contribution in [0.2, 0.25) is 5.02 Å². The van der Waals surface area contributed by atoms with Crippen LogP contribution in [0.4, 0.5) is 0 Å². The minimum atomic E-state index is -1.14. The molecule has 7 nitrogen and oxygen atoms in total. The van der Waals surface area contributed by atoms with Crippen molar-refractivity contribution in [2.75, 3.05) is 7.11 Å². The Bertz CT molecular complexity index is 1370. The maximum atomic E-state index is 12.0. The minimum Gasteiger partial charge on any atom is -0.496 e. The SMILES string of the molecule is COc1ccc(Cl)cc1-c1nnc(S/C(=C\c2ccccc2OCc2ccc(Br)cc2)C(=O)O)o1. The summed E-state index contributed by atoms with van der Waals surface area (Å²) >= 11 is 10.3. The topological polar surface area (TPSA) is 94.7 Å². The van der Waals surface area contributed by atoms with Gasteiger partial charge in [-0.05, 0) is 59.8 Å². The third-order valence-corrected chi connectivity index (χ3v) is 6.34. The van der Waals surface area contributed by atoms with Gasteiger partial charge in [-0.25, -0.2) is 4.79 Å². The first-order valence-corrected chi connectivity index (χ1v) is 12.2. The van der Waals surface area contributed by atoms with Gasteiger partial charge in [0.2, 0.25) is 0 Å². The molecular formula is C25H18BrClN2O5S. The van der Waals surface area contributed by atoms with Crippen LogP contribution in [-0.2, 0) is 11.4 Å². The lowest BCUT2D eigenvalue weighted by Crippen LogP contribution is -1.99. The van der Waals surface area contributed by atoms with Gasteiger partial charge in [-0.3, -0.25) is 0 Å². The number of benzene rings is 3. The van der Waals surface area contributed by atoms with Gasteiger partial charge in [-0.2, -0.15) is 0 Å². The quantitative estimate of drug-likeness (QED) is 0.170. The van der Waals surface area contributed by atoms with E-state index in [9.17, 15) is 9.90 Å².